The summed E-state index contributed by atoms with van der Waals surface area (Å²) in [7, 11) is 0. The number of aryl methyl sites for hydroxylation is 1. The molecule has 1 aliphatic heterocycles. The second-order valence-electron chi connectivity index (χ2n) is 7.64. The van der Waals surface area contributed by atoms with Crippen molar-refractivity contribution in [3.05, 3.63) is 64.2 Å². The van der Waals surface area contributed by atoms with E-state index in [9.17, 15) is 9.18 Å². The number of nitrogens with zero attached hydrogens (tertiary/aromatic N) is 2. The van der Waals surface area contributed by atoms with Crippen LogP contribution in [0.1, 0.15) is 28.8 Å². The molecule has 0 bridgehead atoms. The Balaban J connectivity index is 1.36. The van der Waals surface area contributed by atoms with Crippen molar-refractivity contribution < 1.29 is 9.18 Å². The third kappa shape index (κ3) is 4.08. The molecule has 0 saturated carbocycles. The monoisotopic (exact) mass is 397 g/mol. The maximum atomic E-state index is 13.0. The fraction of sp³-hybridized carbons (Fsp3) is 0.364. The molecule has 2 heterocycles. The maximum Gasteiger partial charge on any atom is 0.182 e. The average Bonchev–Trinajstić information content (AvgIpc) is 2.98. The van der Waals surface area contributed by atoms with E-state index >= 15 is 0 Å². The van der Waals surface area contributed by atoms with Crippen LogP contribution in [-0.4, -0.2) is 34.9 Å². The Morgan fingerprint density at radius 3 is 2.61 bits per heavy atom. The van der Waals surface area contributed by atoms with Gasteiger partial charge in [0.05, 0.1) is 16.8 Å². The van der Waals surface area contributed by atoms with Gasteiger partial charge in [0.2, 0.25) is 0 Å². The van der Waals surface area contributed by atoms with Crippen LogP contribution in [0.4, 0.5) is 4.39 Å². The number of hydrogen-bond donors (Lipinski definition) is 1. The van der Waals surface area contributed by atoms with E-state index in [4.69, 9.17) is 5.41 Å². The number of rotatable bonds is 5. The molecule has 4 nitrogen and oxygen atoms in total. The zero-order valence-corrected chi connectivity index (χ0v) is 16.8. The summed E-state index contributed by atoms with van der Waals surface area (Å²) in [5.41, 5.74) is 2.94. The third-order valence-electron chi connectivity index (χ3n) is 5.54. The summed E-state index contributed by atoms with van der Waals surface area (Å²) in [4.78, 5) is 15.2. The number of aromatic nitrogens is 1. The molecule has 28 heavy (non-hydrogen) atoms. The lowest BCUT2D eigenvalue weighted by Crippen LogP contribution is -2.38. The van der Waals surface area contributed by atoms with Gasteiger partial charge in [0, 0.05) is 12.1 Å². The number of carbonyl (C=O) groups is 1. The fourth-order valence-electron chi connectivity index (χ4n) is 3.89. The molecule has 146 valence electrons. The highest BCUT2D eigenvalue weighted by Crippen LogP contribution is 2.24. The van der Waals surface area contributed by atoms with E-state index in [0.29, 0.717) is 22.8 Å². The number of nitrogens with one attached hydrogen (secondary N) is 1. The second kappa shape index (κ2) is 7.97. The van der Waals surface area contributed by atoms with Gasteiger partial charge in [-0.2, -0.15) is 0 Å². The Kier molecular flexibility index (Phi) is 5.42. The molecule has 0 spiro atoms. The van der Waals surface area contributed by atoms with E-state index < -0.39 is 0 Å². The Morgan fingerprint density at radius 2 is 1.89 bits per heavy atom. The number of halogens is 1. The normalized spacial score (nSPS) is 15.9. The van der Waals surface area contributed by atoms with Gasteiger partial charge < -0.3 is 4.57 Å². The highest BCUT2D eigenvalue weighted by molar-refractivity contribution is 7.16. The van der Waals surface area contributed by atoms with E-state index in [1.54, 1.807) is 12.1 Å². The van der Waals surface area contributed by atoms with Gasteiger partial charge in [-0.1, -0.05) is 17.4 Å². The van der Waals surface area contributed by atoms with Crippen molar-refractivity contribution in [1.29, 1.82) is 5.41 Å². The first-order valence-corrected chi connectivity index (χ1v) is 10.5. The Morgan fingerprint density at radius 1 is 1.18 bits per heavy atom. The predicted octanol–water partition coefficient (Wildman–Crippen LogP) is 4.22. The van der Waals surface area contributed by atoms with Crippen molar-refractivity contribution in [2.75, 3.05) is 19.6 Å². The molecule has 3 aromatic rings. The summed E-state index contributed by atoms with van der Waals surface area (Å²) in [6.45, 7) is 5.09. The molecule has 1 saturated heterocycles. The fourth-order valence-corrected chi connectivity index (χ4v) is 4.91. The summed E-state index contributed by atoms with van der Waals surface area (Å²) < 4.78 is 16.3. The Bertz CT molecular complexity index is 1050. The molecule has 0 atom stereocenters. The molecule has 0 radical (unpaired) electrons. The van der Waals surface area contributed by atoms with Gasteiger partial charge in [0.25, 0.3) is 0 Å². The van der Waals surface area contributed by atoms with E-state index in [1.165, 1.54) is 33.7 Å². The van der Waals surface area contributed by atoms with Crippen LogP contribution in [-0.2, 0) is 6.54 Å². The Hall–Kier alpha value is -2.31. The number of ketones is 1. The number of hydrogen-bond acceptors (Lipinski definition) is 4. The third-order valence-corrected chi connectivity index (χ3v) is 6.50. The summed E-state index contributed by atoms with van der Waals surface area (Å²) in [6.07, 6.45) is 2.04. The highest BCUT2D eigenvalue weighted by Gasteiger charge is 2.22. The van der Waals surface area contributed by atoms with Gasteiger partial charge in [-0.25, -0.2) is 4.39 Å². The lowest BCUT2D eigenvalue weighted by Gasteiger charge is -2.31. The summed E-state index contributed by atoms with van der Waals surface area (Å²) >= 11 is 1.54. The first-order chi connectivity index (χ1) is 13.5. The molecule has 2 aromatic carbocycles. The van der Waals surface area contributed by atoms with E-state index in [0.717, 1.165) is 38.0 Å². The molecular formula is C22H24FN3OS. The molecule has 1 aromatic heterocycles. The van der Waals surface area contributed by atoms with E-state index in [-0.39, 0.29) is 11.6 Å². The number of fused-ring (bicyclic) bond motifs is 1. The van der Waals surface area contributed by atoms with E-state index in [2.05, 4.69) is 34.6 Å². The zero-order valence-electron chi connectivity index (χ0n) is 16.0. The van der Waals surface area contributed by atoms with Crippen molar-refractivity contribution in [3.63, 3.8) is 0 Å². The predicted molar refractivity (Wildman–Crippen MR) is 110 cm³/mol. The molecule has 1 aliphatic rings. The van der Waals surface area contributed by atoms with Crippen LogP contribution in [0, 0.1) is 24.1 Å². The van der Waals surface area contributed by atoms with Crippen molar-refractivity contribution >= 4 is 27.3 Å². The lowest BCUT2D eigenvalue weighted by atomic mass is 9.96. The van der Waals surface area contributed by atoms with Gasteiger partial charge in [-0.15, -0.1) is 0 Å². The SMILES string of the molecule is Cc1ccc2c(c1)sc(=N)n2CC1CCN(CC(=O)c2ccc(F)cc2)CC1. The average molecular weight is 398 g/mol. The van der Waals surface area contributed by atoms with Crippen LogP contribution in [0.15, 0.2) is 42.5 Å². The van der Waals surface area contributed by atoms with Crippen LogP contribution in [0.5, 0.6) is 0 Å². The van der Waals surface area contributed by atoms with Gasteiger partial charge in [-0.3, -0.25) is 15.1 Å². The van der Waals surface area contributed by atoms with Crippen molar-refractivity contribution in [1.82, 2.24) is 9.47 Å². The molecule has 1 fully saturated rings. The first kappa shape index (κ1) is 19.0. The van der Waals surface area contributed by atoms with Crippen molar-refractivity contribution in [2.45, 2.75) is 26.3 Å². The van der Waals surface area contributed by atoms with E-state index in [1.807, 2.05) is 0 Å². The Labute approximate surface area is 167 Å². The van der Waals surface area contributed by atoms with Crippen LogP contribution >= 0.6 is 11.3 Å². The molecule has 0 aliphatic carbocycles. The minimum atomic E-state index is -0.320. The number of thiazole rings is 1. The number of likely N-dealkylation sites (tertiary alicyclic amines) is 1. The molecule has 4 rings (SSSR count). The smallest absolute Gasteiger partial charge is 0.182 e. The standard InChI is InChI=1S/C22H24FN3OS/c1-15-2-7-19-21(12-15)28-22(24)26(19)13-16-8-10-25(11-9-16)14-20(27)17-3-5-18(23)6-4-17/h2-7,12,16,24H,8-11,13-14H2,1H3. The quantitative estimate of drug-likeness (QED) is 0.655. The summed E-state index contributed by atoms with van der Waals surface area (Å²) in [5, 5.41) is 8.33. The molecule has 0 amide bonds. The minimum absolute atomic E-state index is 0.0421. The van der Waals surface area contributed by atoms with Crippen LogP contribution in [0.2, 0.25) is 0 Å². The van der Waals surface area contributed by atoms with Gasteiger partial charge in [-0.05, 0) is 80.7 Å². The number of piperidine rings is 1. The minimum Gasteiger partial charge on any atom is -0.317 e. The maximum absolute atomic E-state index is 13.0. The van der Waals surface area contributed by atoms with Gasteiger partial charge in [0.15, 0.2) is 10.6 Å². The van der Waals surface area contributed by atoms with Gasteiger partial charge in [0.1, 0.15) is 5.82 Å². The van der Waals surface area contributed by atoms with Crippen LogP contribution < -0.4 is 4.80 Å². The summed E-state index contributed by atoms with van der Waals surface area (Å²) in [6, 6.07) is 12.2. The topological polar surface area (TPSA) is 49.1 Å². The summed E-state index contributed by atoms with van der Waals surface area (Å²) in [5.74, 6) is 0.241. The largest absolute Gasteiger partial charge is 0.317 e. The first-order valence-electron chi connectivity index (χ1n) is 9.65. The van der Waals surface area contributed by atoms with Crippen LogP contribution in [0.25, 0.3) is 10.2 Å². The molecule has 0 unspecified atom stereocenters. The van der Waals surface area contributed by atoms with Crippen molar-refractivity contribution in [2.24, 2.45) is 5.92 Å². The molecule has 6 heteroatoms. The van der Waals surface area contributed by atoms with Crippen molar-refractivity contribution in [3.8, 4) is 0 Å². The highest BCUT2D eigenvalue weighted by atomic mass is 32.1. The number of benzene rings is 2. The van der Waals surface area contributed by atoms with Gasteiger partial charge >= 0.3 is 0 Å². The number of carbonyl (C=O) groups excluding carboxylic acids is 1. The number of Topliss-reactive ketones (excluding diaryl/α,β-unsaturated/α-hetero) is 1. The zero-order chi connectivity index (χ0) is 19.7. The molecular weight excluding hydrogens is 373 g/mol. The van der Waals surface area contributed by atoms with Crippen LogP contribution in [0.3, 0.4) is 0 Å². The second-order valence-corrected chi connectivity index (χ2v) is 8.67. The lowest BCUT2D eigenvalue weighted by molar-refractivity contribution is 0.0890. The molecule has 1 N–H and O–H groups in total.